The van der Waals surface area contributed by atoms with Crippen molar-refractivity contribution in [3.63, 3.8) is 0 Å². The molecule has 3 rings (SSSR count). The SMILES string of the molecule is CC(C)CNCC1(Cc2cccc(Cl)c2F)CC2CC2C1. The van der Waals surface area contributed by atoms with Gasteiger partial charge in [-0.05, 0) is 67.0 Å². The van der Waals surface area contributed by atoms with E-state index in [9.17, 15) is 4.39 Å². The molecular weight excluding hydrogens is 285 g/mol. The predicted molar refractivity (Wildman–Crippen MR) is 86.1 cm³/mol. The Morgan fingerprint density at radius 1 is 1.33 bits per heavy atom. The fourth-order valence-corrected chi connectivity index (χ4v) is 4.27. The van der Waals surface area contributed by atoms with Crippen LogP contribution in [0.1, 0.15) is 38.7 Å². The predicted octanol–water partition coefficient (Wildman–Crippen LogP) is 4.68. The van der Waals surface area contributed by atoms with E-state index in [4.69, 9.17) is 11.6 Å². The lowest BCUT2D eigenvalue weighted by molar-refractivity contribution is 0.242. The van der Waals surface area contributed by atoms with Crippen molar-refractivity contribution in [2.45, 2.75) is 39.5 Å². The molecule has 0 heterocycles. The summed E-state index contributed by atoms with van der Waals surface area (Å²) < 4.78 is 14.2. The Kier molecular flexibility index (Phi) is 4.29. The lowest BCUT2D eigenvalue weighted by Gasteiger charge is -2.32. The molecular formula is C18H25ClFN. The summed E-state index contributed by atoms with van der Waals surface area (Å²) in [5.41, 5.74) is 1.02. The van der Waals surface area contributed by atoms with Gasteiger partial charge in [-0.1, -0.05) is 37.6 Å². The summed E-state index contributed by atoms with van der Waals surface area (Å²) in [5, 5.41) is 3.86. The van der Waals surface area contributed by atoms with Crippen LogP contribution < -0.4 is 5.32 Å². The van der Waals surface area contributed by atoms with E-state index in [1.807, 2.05) is 12.1 Å². The smallest absolute Gasteiger partial charge is 0.144 e. The van der Waals surface area contributed by atoms with Crippen LogP contribution in [0, 0.1) is 29.0 Å². The Morgan fingerprint density at radius 3 is 2.71 bits per heavy atom. The van der Waals surface area contributed by atoms with Crippen molar-refractivity contribution in [1.29, 1.82) is 0 Å². The van der Waals surface area contributed by atoms with Gasteiger partial charge < -0.3 is 5.32 Å². The third kappa shape index (κ3) is 3.43. The summed E-state index contributed by atoms with van der Waals surface area (Å²) in [6.45, 7) is 6.49. The lowest BCUT2D eigenvalue weighted by atomic mass is 9.77. The molecule has 1 N–H and O–H groups in total. The average Bonchev–Trinajstić information content (AvgIpc) is 3.03. The van der Waals surface area contributed by atoms with Crippen molar-refractivity contribution in [3.05, 3.63) is 34.6 Å². The van der Waals surface area contributed by atoms with Gasteiger partial charge in [-0.2, -0.15) is 0 Å². The monoisotopic (exact) mass is 309 g/mol. The molecule has 2 aliphatic carbocycles. The van der Waals surface area contributed by atoms with E-state index in [-0.39, 0.29) is 16.3 Å². The first-order chi connectivity index (χ1) is 9.99. The fraction of sp³-hybridized carbons (Fsp3) is 0.667. The minimum atomic E-state index is -0.219. The van der Waals surface area contributed by atoms with Gasteiger partial charge in [0.25, 0.3) is 0 Å². The number of hydrogen-bond acceptors (Lipinski definition) is 1. The van der Waals surface area contributed by atoms with Crippen molar-refractivity contribution in [3.8, 4) is 0 Å². The molecule has 3 heteroatoms. The lowest BCUT2D eigenvalue weighted by Crippen LogP contribution is -2.37. The van der Waals surface area contributed by atoms with E-state index in [0.717, 1.165) is 36.9 Å². The fourth-order valence-electron chi connectivity index (χ4n) is 4.07. The van der Waals surface area contributed by atoms with Crippen LogP contribution in [0.4, 0.5) is 4.39 Å². The minimum Gasteiger partial charge on any atom is -0.316 e. The number of benzene rings is 1. The molecule has 2 saturated carbocycles. The number of hydrogen-bond donors (Lipinski definition) is 1. The maximum atomic E-state index is 14.2. The van der Waals surface area contributed by atoms with Crippen LogP contribution in [-0.4, -0.2) is 13.1 Å². The Morgan fingerprint density at radius 2 is 2.05 bits per heavy atom. The van der Waals surface area contributed by atoms with Gasteiger partial charge in [0.15, 0.2) is 0 Å². The van der Waals surface area contributed by atoms with Crippen LogP contribution in [-0.2, 0) is 6.42 Å². The number of nitrogens with one attached hydrogen (secondary N) is 1. The summed E-state index contributed by atoms with van der Waals surface area (Å²) >= 11 is 5.94. The first-order valence-electron chi connectivity index (χ1n) is 8.13. The van der Waals surface area contributed by atoms with Crippen molar-refractivity contribution < 1.29 is 4.39 Å². The molecule has 2 unspecified atom stereocenters. The summed E-state index contributed by atoms with van der Waals surface area (Å²) in [5.74, 6) is 2.23. The molecule has 2 atom stereocenters. The van der Waals surface area contributed by atoms with Crippen molar-refractivity contribution in [2.75, 3.05) is 13.1 Å². The summed E-state index contributed by atoms with van der Waals surface area (Å²) in [6.07, 6.45) is 4.70. The number of rotatable bonds is 6. The largest absolute Gasteiger partial charge is 0.316 e. The van der Waals surface area contributed by atoms with Crippen LogP contribution in [0.25, 0.3) is 0 Å². The third-order valence-electron chi connectivity index (χ3n) is 5.11. The maximum absolute atomic E-state index is 14.2. The van der Waals surface area contributed by atoms with Crippen LogP contribution in [0.2, 0.25) is 5.02 Å². The van der Waals surface area contributed by atoms with E-state index in [2.05, 4.69) is 19.2 Å². The molecule has 0 saturated heterocycles. The molecule has 116 valence electrons. The molecule has 2 aliphatic rings. The highest BCUT2D eigenvalue weighted by Gasteiger charge is 2.53. The first-order valence-corrected chi connectivity index (χ1v) is 8.50. The van der Waals surface area contributed by atoms with E-state index in [1.54, 1.807) is 6.07 Å². The second kappa shape index (κ2) is 5.89. The molecule has 0 aromatic heterocycles. The van der Waals surface area contributed by atoms with Crippen molar-refractivity contribution in [2.24, 2.45) is 23.2 Å². The van der Waals surface area contributed by atoms with Gasteiger partial charge in [0.05, 0.1) is 5.02 Å². The molecule has 1 aromatic carbocycles. The second-order valence-corrected chi connectivity index (χ2v) is 7.99. The van der Waals surface area contributed by atoms with E-state index in [0.29, 0.717) is 5.92 Å². The van der Waals surface area contributed by atoms with Crippen LogP contribution >= 0.6 is 11.6 Å². The second-order valence-electron chi connectivity index (χ2n) is 7.58. The molecule has 0 aliphatic heterocycles. The molecule has 0 spiro atoms. The zero-order valence-corrected chi connectivity index (χ0v) is 13.7. The van der Waals surface area contributed by atoms with Crippen molar-refractivity contribution >= 4 is 11.6 Å². The summed E-state index contributed by atoms with van der Waals surface area (Å²) in [7, 11) is 0. The number of halogens is 2. The van der Waals surface area contributed by atoms with Crippen molar-refractivity contribution in [1.82, 2.24) is 5.32 Å². The molecule has 0 amide bonds. The van der Waals surface area contributed by atoms with Crippen LogP contribution in [0.3, 0.4) is 0 Å². The topological polar surface area (TPSA) is 12.0 Å². The van der Waals surface area contributed by atoms with Crippen LogP contribution in [0.15, 0.2) is 18.2 Å². The molecule has 2 fully saturated rings. The van der Waals surface area contributed by atoms with E-state index < -0.39 is 0 Å². The summed E-state index contributed by atoms with van der Waals surface area (Å²) in [6, 6.07) is 5.40. The zero-order valence-electron chi connectivity index (χ0n) is 13.0. The highest BCUT2D eigenvalue weighted by atomic mass is 35.5. The van der Waals surface area contributed by atoms with Gasteiger partial charge in [-0.15, -0.1) is 0 Å². The molecule has 0 radical (unpaired) electrons. The molecule has 21 heavy (non-hydrogen) atoms. The average molecular weight is 310 g/mol. The molecule has 1 aromatic rings. The Balaban J connectivity index is 1.72. The zero-order chi connectivity index (χ0) is 15.0. The van der Waals surface area contributed by atoms with Gasteiger partial charge in [0.1, 0.15) is 5.82 Å². The normalized spacial score (nSPS) is 30.7. The highest BCUT2D eigenvalue weighted by molar-refractivity contribution is 6.30. The van der Waals surface area contributed by atoms with E-state index >= 15 is 0 Å². The van der Waals surface area contributed by atoms with E-state index in [1.165, 1.54) is 19.3 Å². The Labute approximate surface area is 132 Å². The molecule has 1 nitrogen and oxygen atoms in total. The van der Waals surface area contributed by atoms with Gasteiger partial charge in [0.2, 0.25) is 0 Å². The first kappa shape index (κ1) is 15.3. The molecule has 0 bridgehead atoms. The summed E-state index contributed by atoms with van der Waals surface area (Å²) in [4.78, 5) is 0. The highest BCUT2D eigenvalue weighted by Crippen LogP contribution is 2.60. The Bertz CT molecular complexity index is 504. The van der Waals surface area contributed by atoms with Gasteiger partial charge >= 0.3 is 0 Å². The minimum absolute atomic E-state index is 0.219. The van der Waals surface area contributed by atoms with Gasteiger partial charge in [-0.25, -0.2) is 4.39 Å². The van der Waals surface area contributed by atoms with Crippen LogP contribution in [0.5, 0.6) is 0 Å². The number of fused-ring (bicyclic) bond motifs is 1. The Hall–Kier alpha value is -0.600. The third-order valence-corrected chi connectivity index (χ3v) is 5.40. The van der Waals surface area contributed by atoms with Gasteiger partial charge in [-0.3, -0.25) is 0 Å². The van der Waals surface area contributed by atoms with Gasteiger partial charge in [0, 0.05) is 6.54 Å². The maximum Gasteiger partial charge on any atom is 0.144 e. The standard InChI is InChI=1S/C18H25ClFN/c1-12(2)10-21-11-18(8-14-6-15(14)9-18)7-13-4-3-5-16(19)17(13)20/h3-5,12,14-15,21H,6-11H2,1-2H3. The quantitative estimate of drug-likeness (QED) is 0.804.